The smallest absolute Gasteiger partial charge is 0.270 e. The monoisotopic (exact) mass is 248 g/mol. The van der Waals surface area contributed by atoms with Crippen LogP contribution in [-0.2, 0) is 0 Å². The fourth-order valence-electron chi connectivity index (χ4n) is 1.42. The van der Waals surface area contributed by atoms with Gasteiger partial charge in [-0.25, -0.2) is 4.98 Å². The summed E-state index contributed by atoms with van der Waals surface area (Å²) in [5, 5.41) is 12.9. The second kappa shape index (κ2) is 4.42. The number of carbonyl (C=O) groups is 1. The van der Waals surface area contributed by atoms with Crippen molar-refractivity contribution in [1.29, 1.82) is 0 Å². The van der Waals surface area contributed by atoms with Gasteiger partial charge < -0.3 is 0 Å². The molecular formula is C11H8N2O3S. The predicted molar refractivity (Wildman–Crippen MR) is 64.3 cm³/mol. The molecule has 5 nitrogen and oxygen atoms in total. The van der Waals surface area contributed by atoms with Gasteiger partial charge in [-0.15, -0.1) is 11.3 Å². The Balaban J connectivity index is 2.53. The molecule has 1 aromatic carbocycles. The molecule has 1 aromatic heterocycles. The van der Waals surface area contributed by atoms with Crippen LogP contribution < -0.4 is 0 Å². The number of nitro benzene ring substituents is 1. The number of nitrogens with zero attached hydrogens (tertiary/aromatic N) is 2. The molecule has 6 heteroatoms. The number of carbonyl (C=O) groups excluding carboxylic acids is 1. The maximum absolute atomic E-state index is 10.7. The largest absolute Gasteiger partial charge is 0.296 e. The number of hydrogen-bond acceptors (Lipinski definition) is 5. The first-order valence-corrected chi connectivity index (χ1v) is 5.66. The summed E-state index contributed by atoms with van der Waals surface area (Å²) in [6, 6.07) is 4.60. The van der Waals surface area contributed by atoms with Crippen molar-refractivity contribution in [2.24, 2.45) is 0 Å². The molecule has 0 N–H and O–H groups in total. The normalized spacial score (nSPS) is 10.2. The summed E-state index contributed by atoms with van der Waals surface area (Å²) in [6.45, 7) is 1.85. The first kappa shape index (κ1) is 11.4. The van der Waals surface area contributed by atoms with E-state index >= 15 is 0 Å². The molecule has 86 valence electrons. The van der Waals surface area contributed by atoms with Crippen molar-refractivity contribution in [3.63, 3.8) is 0 Å². The summed E-state index contributed by atoms with van der Waals surface area (Å²) in [6.07, 6.45) is 0.659. The van der Waals surface area contributed by atoms with E-state index in [0.29, 0.717) is 22.6 Å². The molecule has 0 aliphatic carbocycles. The Hall–Kier alpha value is -2.08. The molecule has 0 aliphatic heterocycles. The number of aryl methyl sites for hydroxylation is 1. The Labute approximate surface area is 101 Å². The number of aldehydes is 1. The molecule has 2 rings (SSSR count). The molecule has 17 heavy (non-hydrogen) atoms. The number of benzene rings is 1. The summed E-state index contributed by atoms with van der Waals surface area (Å²) in [5.74, 6) is 0. The maximum atomic E-state index is 10.7. The molecule has 0 saturated carbocycles. The van der Waals surface area contributed by atoms with Gasteiger partial charge in [0.05, 0.1) is 4.92 Å². The van der Waals surface area contributed by atoms with E-state index in [0.717, 1.165) is 5.56 Å². The van der Waals surface area contributed by atoms with Gasteiger partial charge in [0, 0.05) is 23.1 Å². The van der Waals surface area contributed by atoms with E-state index in [1.165, 1.54) is 23.5 Å². The van der Waals surface area contributed by atoms with Gasteiger partial charge in [0.2, 0.25) is 0 Å². The van der Waals surface area contributed by atoms with Crippen LogP contribution in [0.25, 0.3) is 10.6 Å². The van der Waals surface area contributed by atoms with E-state index in [4.69, 9.17) is 0 Å². The van der Waals surface area contributed by atoms with Crippen molar-refractivity contribution in [3.05, 3.63) is 45.0 Å². The van der Waals surface area contributed by atoms with E-state index in [1.807, 2.05) is 6.92 Å². The molecule has 0 unspecified atom stereocenters. The van der Waals surface area contributed by atoms with Crippen LogP contribution in [0.4, 0.5) is 5.69 Å². The lowest BCUT2D eigenvalue weighted by Gasteiger charge is -2.01. The summed E-state index contributed by atoms with van der Waals surface area (Å²) in [7, 11) is 0. The van der Waals surface area contributed by atoms with Crippen molar-refractivity contribution in [3.8, 4) is 10.6 Å². The lowest BCUT2D eigenvalue weighted by Crippen LogP contribution is -1.90. The van der Waals surface area contributed by atoms with Gasteiger partial charge in [-0.2, -0.15) is 0 Å². The van der Waals surface area contributed by atoms with Crippen molar-refractivity contribution >= 4 is 23.3 Å². The van der Waals surface area contributed by atoms with Crippen LogP contribution in [0.1, 0.15) is 16.1 Å². The second-order valence-electron chi connectivity index (χ2n) is 3.45. The van der Waals surface area contributed by atoms with Crippen molar-refractivity contribution in [2.45, 2.75) is 6.92 Å². The molecule has 1 heterocycles. The van der Waals surface area contributed by atoms with Crippen LogP contribution in [0, 0.1) is 17.0 Å². The first-order valence-electron chi connectivity index (χ1n) is 4.78. The molecule has 0 bridgehead atoms. The summed E-state index contributed by atoms with van der Waals surface area (Å²) < 4.78 is 0. The van der Waals surface area contributed by atoms with Crippen LogP contribution in [0.15, 0.2) is 23.6 Å². The molecular weight excluding hydrogens is 240 g/mol. The first-order chi connectivity index (χ1) is 8.11. The molecule has 2 aromatic rings. The zero-order valence-electron chi connectivity index (χ0n) is 8.91. The quantitative estimate of drug-likeness (QED) is 0.475. The van der Waals surface area contributed by atoms with Gasteiger partial charge >= 0.3 is 0 Å². The number of aromatic nitrogens is 1. The average Bonchev–Trinajstić information content (AvgIpc) is 2.77. The van der Waals surface area contributed by atoms with Crippen molar-refractivity contribution in [1.82, 2.24) is 4.98 Å². The second-order valence-corrected chi connectivity index (χ2v) is 4.31. The van der Waals surface area contributed by atoms with E-state index < -0.39 is 4.92 Å². The number of nitro groups is 1. The van der Waals surface area contributed by atoms with Gasteiger partial charge in [-0.3, -0.25) is 14.9 Å². The van der Waals surface area contributed by atoms with Crippen LogP contribution in [0.5, 0.6) is 0 Å². The third kappa shape index (κ3) is 2.21. The minimum Gasteiger partial charge on any atom is -0.296 e. The van der Waals surface area contributed by atoms with Gasteiger partial charge in [0.1, 0.15) is 10.7 Å². The zero-order valence-corrected chi connectivity index (χ0v) is 9.73. The Kier molecular flexibility index (Phi) is 2.97. The highest BCUT2D eigenvalue weighted by Crippen LogP contribution is 2.29. The van der Waals surface area contributed by atoms with Crippen LogP contribution in [-0.4, -0.2) is 16.2 Å². The lowest BCUT2D eigenvalue weighted by molar-refractivity contribution is -0.384. The highest BCUT2D eigenvalue weighted by molar-refractivity contribution is 7.13. The highest BCUT2D eigenvalue weighted by atomic mass is 32.1. The average molecular weight is 248 g/mol. The summed E-state index contributed by atoms with van der Waals surface area (Å²) in [4.78, 5) is 24.9. The molecule has 0 radical (unpaired) electrons. The maximum Gasteiger partial charge on any atom is 0.270 e. The Bertz CT molecular complexity index is 592. The number of hydrogen-bond donors (Lipinski definition) is 0. The lowest BCUT2D eigenvalue weighted by atomic mass is 10.1. The summed E-state index contributed by atoms with van der Waals surface area (Å²) >= 11 is 1.30. The molecule has 0 atom stereocenters. The minimum absolute atomic E-state index is 0.0217. The van der Waals surface area contributed by atoms with Gasteiger partial charge in [0.25, 0.3) is 5.69 Å². The number of thiazole rings is 1. The molecule has 0 aliphatic rings. The third-order valence-corrected chi connectivity index (χ3v) is 3.20. The fourth-order valence-corrected chi connectivity index (χ4v) is 2.26. The fraction of sp³-hybridized carbons (Fsp3) is 0.0909. The van der Waals surface area contributed by atoms with Gasteiger partial charge in [0.15, 0.2) is 6.29 Å². The van der Waals surface area contributed by atoms with Crippen molar-refractivity contribution in [2.75, 3.05) is 0 Å². The minimum atomic E-state index is -0.447. The van der Waals surface area contributed by atoms with Crippen LogP contribution in [0.3, 0.4) is 0 Å². The third-order valence-electron chi connectivity index (χ3n) is 2.31. The Morgan fingerprint density at radius 3 is 2.82 bits per heavy atom. The topological polar surface area (TPSA) is 73.1 Å². The van der Waals surface area contributed by atoms with Crippen LogP contribution >= 0.6 is 11.3 Å². The molecule has 0 spiro atoms. The molecule has 0 fully saturated rings. The SMILES string of the molecule is Cc1ccc([N+](=O)[O-])cc1-c1nc(C=O)cs1. The highest BCUT2D eigenvalue weighted by Gasteiger charge is 2.12. The number of non-ortho nitro benzene ring substituents is 1. The summed E-state index contributed by atoms with van der Waals surface area (Å²) in [5.41, 5.74) is 1.95. The van der Waals surface area contributed by atoms with Crippen molar-refractivity contribution < 1.29 is 9.72 Å². The Morgan fingerprint density at radius 2 is 2.24 bits per heavy atom. The van der Waals surface area contributed by atoms with E-state index in [9.17, 15) is 14.9 Å². The zero-order chi connectivity index (χ0) is 12.4. The standard InChI is InChI=1S/C11H8N2O3S/c1-7-2-3-9(13(15)16)4-10(7)11-12-8(5-14)6-17-11/h2-6H,1H3. The Morgan fingerprint density at radius 1 is 1.47 bits per heavy atom. The van der Waals surface area contributed by atoms with E-state index in [2.05, 4.69) is 4.98 Å². The predicted octanol–water partition coefficient (Wildman–Crippen LogP) is 2.84. The molecule has 0 amide bonds. The van der Waals surface area contributed by atoms with Crippen LogP contribution in [0.2, 0.25) is 0 Å². The number of rotatable bonds is 3. The molecule has 0 saturated heterocycles. The van der Waals surface area contributed by atoms with Gasteiger partial charge in [-0.1, -0.05) is 6.07 Å². The van der Waals surface area contributed by atoms with E-state index in [1.54, 1.807) is 11.4 Å². The van der Waals surface area contributed by atoms with Gasteiger partial charge in [-0.05, 0) is 12.5 Å². The van der Waals surface area contributed by atoms with E-state index in [-0.39, 0.29) is 5.69 Å².